The summed E-state index contributed by atoms with van der Waals surface area (Å²) in [6.07, 6.45) is 12.1. The topological polar surface area (TPSA) is 242 Å². The Bertz CT molecular complexity index is 2590. The molecule has 0 aromatic carbocycles. The summed E-state index contributed by atoms with van der Waals surface area (Å²) in [4.78, 5) is 85.6. The summed E-state index contributed by atoms with van der Waals surface area (Å²) in [7, 11) is 0. The van der Waals surface area contributed by atoms with Crippen molar-refractivity contribution in [1.82, 2.24) is 19.8 Å². The number of aliphatic carboxylic acids is 4. The van der Waals surface area contributed by atoms with Gasteiger partial charge in [-0.2, -0.15) is 0 Å². The molecule has 328 valence electrons. The van der Waals surface area contributed by atoms with E-state index in [0.29, 0.717) is 34.8 Å². The lowest BCUT2D eigenvalue weighted by molar-refractivity contribution is -0.147. The van der Waals surface area contributed by atoms with Crippen LogP contribution in [-0.2, 0) is 30.6 Å². The van der Waals surface area contributed by atoms with E-state index >= 15 is 0 Å². The van der Waals surface area contributed by atoms with Crippen molar-refractivity contribution in [3.05, 3.63) is 73.0 Å². The minimum atomic E-state index is -1.67. The number of rotatable bonds is 18. The summed E-state index contributed by atoms with van der Waals surface area (Å²) >= 11 is 0. The molecule has 4 aliphatic heterocycles. The maximum absolute atomic E-state index is 14.7. The standard InChI is InChI=1S/C46H54N6O10/c1-7-9-10-11-12-28-25(5)35-18-32-24(4)29(13-14-39(54)55)43(50-32)30(17-40(56)57)44-42(45(60)47-16-15-38(53)49-34(46(61)62)21-41(58)59)26(6)36-20-33-27(8-2)23(3)31(48-33)19-37(28)51(35)22-52(36)44/h11-12,18-20,24,29,34H,7-10,13-17,21-22H2,1-6H3,(H,47,60)(H,49,53)(H,54,55)(H,56,57)(H,58,59)(H,61,62)/b12-11+,31-19?,32-18?,33-20?,35-18?,36-20?,37-19?,43-30?,44-30?/t24-,29-,34?/m0/s1. The van der Waals surface area contributed by atoms with Crippen LogP contribution in [0.4, 0.5) is 0 Å². The first-order valence-corrected chi connectivity index (χ1v) is 21.1. The van der Waals surface area contributed by atoms with Gasteiger partial charge >= 0.3 is 23.9 Å². The third-order valence-corrected chi connectivity index (χ3v) is 12.2. The zero-order valence-electron chi connectivity index (χ0n) is 35.9. The molecule has 0 radical (unpaired) electrons. The first-order valence-electron chi connectivity index (χ1n) is 21.1. The number of carbonyl (C=O) groups excluding carboxylic acids is 2. The van der Waals surface area contributed by atoms with Crippen LogP contribution in [0.2, 0.25) is 0 Å². The lowest BCUT2D eigenvalue weighted by atomic mass is 9.84. The first-order chi connectivity index (χ1) is 29.5. The van der Waals surface area contributed by atoms with E-state index in [4.69, 9.17) is 15.1 Å². The molecule has 16 nitrogen and oxygen atoms in total. The highest BCUT2D eigenvalue weighted by molar-refractivity contribution is 6.23. The van der Waals surface area contributed by atoms with Gasteiger partial charge in [-0.3, -0.25) is 29.0 Å². The van der Waals surface area contributed by atoms with E-state index in [9.17, 15) is 44.1 Å². The second-order valence-corrected chi connectivity index (χ2v) is 16.2. The number of aromatic nitrogens is 2. The van der Waals surface area contributed by atoms with Crippen LogP contribution in [0.5, 0.6) is 0 Å². The fourth-order valence-electron chi connectivity index (χ4n) is 8.95. The Balaban J connectivity index is 1.65. The van der Waals surface area contributed by atoms with E-state index in [-0.39, 0.29) is 55.2 Å². The van der Waals surface area contributed by atoms with Crippen LogP contribution in [0.1, 0.15) is 124 Å². The molecule has 0 saturated carbocycles. The number of nitrogens with zero attached hydrogens (tertiary/aromatic N) is 4. The summed E-state index contributed by atoms with van der Waals surface area (Å²) in [5, 5.41) is 45.6. The zero-order valence-corrected chi connectivity index (χ0v) is 35.9. The quantitative estimate of drug-likeness (QED) is 0.114. The SMILES string of the molecule is CCCC/C=C/c1c(C)c2n3c1=CC1=NC(=Cc4c(C)c(C(=O)NCCC(=O)NC(CC(=O)O)C(=O)O)c(n4C3)C(CC(=O)O)=C3N=C(C=2)[C@@H](C)[C@@H]3CCC(=O)O)C(CC)=C1C. The van der Waals surface area contributed by atoms with Gasteiger partial charge in [0.1, 0.15) is 12.7 Å². The average molecular weight is 851 g/mol. The van der Waals surface area contributed by atoms with Crippen molar-refractivity contribution in [2.75, 3.05) is 6.54 Å². The van der Waals surface area contributed by atoms with Gasteiger partial charge in [0.2, 0.25) is 5.91 Å². The number of hydrogen-bond donors (Lipinski definition) is 6. The van der Waals surface area contributed by atoms with Crippen LogP contribution in [0.25, 0.3) is 29.9 Å². The van der Waals surface area contributed by atoms with Crippen LogP contribution in [0.15, 0.2) is 38.6 Å². The lowest BCUT2D eigenvalue weighted by Crippen LogP contribution is -2.43. The predicted molar refractivity (Wildman–Crippen MR) is 234 cm³/mol. The first kappa shape index (κ1) is 45.0. The molecule has 6 heterocycles. The number of nitrogens with one attached hydrogen (secondary N) is 2. The second kappa shape index (κ2) is 18.6. The summed E-state index contributed by atoms with van der Waals surface area (Å²) in [6.45, 7) is 11.9. The van der Waals surface area contributed by atoms with Crippen molar-refractivity contribution in [1.29, 1.82) is 0 Å². The van der Waals surface area contributed by atoms with Crippen LogP contribution >= 0.6 is 0 Å². The molecular weight excluding hydrogens is 797 g/mol. The third-order valence-electron chi connectivity index (χ3n) is 12.2. The highest BCUT2D eigenvalue weighted by Crippen LogP contribution is 2.44. The van der Waals surface area contributed by atoms with E-state index in [1.165, 1.54) is 0 Å². The van der Waals surface area contributed by atoms with E-state index in [2.05, 4.69) is 47.3 Å². The third kappa shape index (κ3) is 8.90. The van der Waals surface area contributed by atoms with Gasteiger partial charge < -0.3 is 40.2 Å². The van der Waals surface area contributed by atoms with Crippen molar-refractivity contribution in [2.24, 2.45) is 21.8 Å². The molecule has 62 heavy (non-hydrogen) atoms. The molecule has 6 rings (SSSR count). The molecule has 6 bridgehead atoms. The number of carboxylic acid groups (broad SMARTS) is 4. The monoisotopic (exact) mass is 850 g/mol. The van der Waals surface area contributed by atoms with Crippen LogP contribution < -0.4 is 21.3 Å². The average Bonchev–Trinajstić information content (AvgIpc) is 3.84. The minimum Gasteiger partial charge on any atom is -0.481 e. The van der Waals surface area contributed by atoms with Gasteiger partial charge in [0, 0.05) is 59.1 Å². The number of amides is 2. The van der Waals surface area contributed by atoms with Crippen molar-refractivity contribution < 1.29 is 49.2 Å². The normalized spacial score (nSPS) is 18.1. The molecular formula is C46H54N6O10. The Labute approximate surface area is 358 Å². The summed E-state index contributed by atoms with van der Waals surface area (Å²) < 4.78 is 4.07. The molecule has 2 amide bonds. The molecule has 0 saturated heterocycles. The van der Waals surface area contributed by atoms with Gasteiger partial charge in [-0.15, -0.1) is 0 Å². The van der Waals surface area contributed by atoms with Crippen molar-refractivity contribution in [2.45, 2.75) is 112 Å². The van der Waals surface area contributed by atoms with Gasteiger partial charge in [-0.05, 0) is 80.5 Å². The number of hydrogen-bond acceptors (Lipinski definition) is 8. The Kier molecular flexibility index (Phi) is 13.5. The fourth-order valence-corrected chi connectivity index (χ4v) is 8.95. The number of carboxylic acids is 4. The zero-order chi connectivity index (χ0) is 45.2. The van der Waals surface area contributed by atoms with Gasteiger partial charge in [0.05, 0.1) is 46.6 Å². The maximum atomic E-state index is 14.7. The Morgan fingerprint density at radius 2 is 1.63 bits per heavy atom. The van der Waals surface area contributed by atoms with Gasteiger partial charge in [0.15, 0.2) is 0 Å². The molecule has 2 aromatic rings. The molecule has 3 atom stereocenters. The van der Waals surface area contributed by atoms with E-state index < -0.39 is 60.5 Å². The molecule has 0 fully saturated rings. The maximum Gasteiger partial charge on any atom is 0.326 e. The molecule has 2 aromatic heterocycles. The fraction of sp³-hybridized carbons (Fsp3) is 0.435. The van der Waals surface area contributed by atoms with Crippen molar-refractivity contribution in [3.63, 3.8) is 0 Å². The molecule has 16 heteroatoms. The number of fused-ring (bicyclic) bond motifs is 2. The van der Waals surface area contributed by atoms with Crippen LogP contribution in [0.3, 0.4) is 0 Å². The number of aliphatic imine (C=N–C) groups is 2. The van der Waals surface area contributed by atoms with Crippen molar-refractivity contribution >= 4 is 77.0 Å². The molecule has 0 aliphatic carbocycles. The smallest absolute Gasteiger partial charge is 0.326 e. The molecule has 1 unspecified atom stereocenters. The van der Waals surface area contributed by atoms with Gasteiger partial charge in [-0.1, -0.05) is 45.8 Å². The second-order valence-electron chi connectivity index (χ2n) is 16.2. The largest absolute Gasteiger partial charge is 0.481 e. The Hall–Kier alpha value is -6.58. The molecule has 0 spiro atoms. The van der Waals surface area contributed by atoms with Crippen molar-refractivity contribution in [3.8, 4) is 0 Å². The van der Waals surface area contributed by atoms with E-state index in [0.717, 1.165) is 57.9 Å². The highest BCUT2D eigenvalue weighted by Gasteiger charge is 2.38. The minimum absolute atomic E-state index is 0.129. The highest BCUT2D eigenvalue weighted by atomic mass is 16.4. The van der Waals surface area contributed by atoms with E-state index in [1.54, 1.807) is 6.92 Å². The molecule has 4 aliphatic rings. The predicted octanol–water partition coefficient (Wildman–Crippen LogP) is 4.65. The van der Waals surface area contributed by atoms with Gasteiger partial charge in [-0.25, -0.2) is 9.79 Å². The molecule has 6 N–H and O–H groups in total. The lowest BCUT2D eigenvalue weighted by Gasteiger charge is -2.22. The van der Waals surface area contributed by atoms with Crippen LogP contribution in [0, 0.1) is 25.7 Å². The Morgan fingerprint density at radius 1 is 0.887 bits per heavy atom. The Morgan fingerprint density at radius 3 is 2.27 bits per heavy atom. The van der Waals surface area contributed by atoms with Gasteiger partial charge in [0.25, 0.3) is 5.91 Å². The van der Waals surface area contributed by atoms with E-state index in [1.807, 2.05) is 37.5 Å². The van der Waals surface area contributed by atoms with Crippen LogP contribution in [-0.4, -0.2) is 89.3 Å². The number of allylic oxidation sites excluding steroid dienone is 4. The summed E-state index contributed by atoms with van der Waals surface area (Å²) in [5.41, 5.74) is 8.26. The summed E-state index contributed by atoms with van der Waals surface area (Å²) in [6, 6.07) is -1.67. The number of unbranched alkanes of at least 4 members (excludes halogenated alkanes) is 2. The number of carbonyl (C=O) groups is 6. The summed E-state index contributed by atoms with van der Waals surface area (Å²) in [5.74, 6) is -7.41.